The van der Waals surface area contributed by atoms with Gasteiger partial charge < -0.3 is 14.5 Å². The lowest BCUT2D eigenvalue weighted by Crippen LogP contribution is -2.49. The van der Waals surface area contributed by atoms with E-state index < -0.39 is 0 Å². The quantitative estimate of drug-likeness (QED) is 0.923. The van der Waals surface area contributed by atoms with Crippen molar-refractivity contribution in [3.05, 3.63) is 41.6 Å². The summed E-state index contributed by atoms with van der Waals surface area (Å²) in [6.07, 6.45) is 3.92. The summed E-state index contributed by atoms with van der Waals surface area (Å²) in [5.41, 5.74) is 1.22. The number of hydrogen-bond donors (Lipinski definition) is 1. The monoisotopic (exact) mass is 299 g/mol. The van der Waals surface area contributed by atoms with Gasteiger partial charge in [-0.1, -0.05) is 18.2 Å². The molecule has 2 aromatic rings. The highest BCUT2D eigenvalue weighted by molar-refractivity contribution is 5.39. The van der Waals surface area contributed by atoms with Crippen LogP contribution < -0.4 is 10.1 Å². The van der Waals surface area contributed by atoms with Crippen molar-refractivity contribution >= 4 is 0 Å². The molecule has 1 unspecified atom stereocenters. The Kier molecular flexibility index (Phi) is 3.37. The van der Waals surface area contributed by atoms with Gasteiger partial charge in [-0.05, 0) is 44.0 Å². The van der Waals surface area contributed by atoms with Crippen molar-refractivity contribution in [3.63, 3.8) is 0 Å². The molecule has 5 heteroatoms. The highest BCUT2D eigenvalue weighted by Crippen LogP contribution is 2.45. The van der Waals surface area contributed by atoms with Crippen LogP contribution >= 0.6 is 0 Å². The highest BCUT2D eigenvalue weighted by Gasteiger charge is 2.42. The molecule has 0 bridgehead atoms. The van der Waals surface area contributed by atoms with Crippen LogP contribution in [0.5, 0.6) is 5.75 Å². The summed E-state index contributed by atoms with van der Waals surface area (Å²) in [4.78, 5) is 0. The zero-order valence-electron chi connectivity index (χ0n) is 12.8. The first kappa shape index (κ1) is 13.8. The maximum Gasteiger partial charge on any atom is 0.217 e. The minimum absolute atomic E-state index is 0.0423. The van der Waals surface area contributed by atoms with Crippen LogP contribution in [0, 0.1) is 6.92 Å². The normalized spacial score (nSPS) is 23.0. The molecule has 4 rings (SSSR count). The first-order chi connectivity index (χ1) is 10.7. The Bertz CT molecular complexity index is 661. The van der Waals surface area contributed by atoms with E-state index in [1.807, 2.05) is 13.0 Å². The van der Waals surface area contributed by atoms with Gasteiger partial charge in [0, 0.05) is 19.3 Å². The molecule has 1 saturated heterocycles. The van der Waals surface area contributed by atoms with Crippen LogP contribution in [0.15, 0.2) is 28.7 Å². The average molecular weight is 299 g/mol. The van der Waals surface area contributed by atoms with E-state index in [2.05, 4.69) is 33.7 Å². The first-order valence-corrected chi connectivity index (χ1v) is 8.02. The molecule has 116 valence electrons. The van der Waals surface area contributed by atoms with Crippen LogP contribution in [0.1, 0.15) is 42.5 Å². The fraction of sp³-hybridized carbons (Fsp3) is 0.529. The Morgan fingerprint density at radius 3 is 2.82 bits per heavy atom. The smallest absolute Gasteiger partial charge is 0.217 e. The van der Waals surface area contributed by atoms with E-state index in [9.17, 15) is 0 Å². The first-order valence-electron chi connectivity index (χ1n) is 8.02. The van der Waals surface area contributed by atoms with Crippen molar-refractivity contribution in [3.8, 4) is 5.75 Å². The zero-order chi connectivity index (χ0) is 15.0. The third-order valence-corrected chi connectivity index (χ3v) is 4.81. The van der Waals surface area contributed by atoms with E-state index in [-0.39, 0.29) is 5.60 Å². The molecule has 1 fully saturated rings. The van der Waals surface area contributed by atoms with E-state index in [0.29, 0.717) is 11.8 Å². The number of hydrogen-bond acceptors (Lipinski definition) is 5. The predicted octanol–water partition coefficient (Wildman–Crippen LogP) is 2.61. The van der Waals surface area contributed by atoms with Crippen molar-refractivity contribution in [2.45, 2.75) is 44.1 Å². The van der Waals surface area contributed by atoms with Gasteiger partial charge in [0.05, 0.1) is 0 Å². The highest BCUT2D eigenvalue weighted by atomic mass is 16.5. The lowest BCUT2D eigenvalue weighted by atomic mass is 9.76. The summed E-state index contributed by atoms with van der Waals surface area (Å²) < 4.78 is 12.0. The lowest BCUT2D eigenvalue weighted by molar-refractivity contribution is 0.00664. The Morgan fingerprint density at radius 1 is 1.23 bits per heavy atom. The van der Waals surface area contributed by atoms with Gasteiger partial charge in [0.1, 0.15) is 11.4 Å². The van der Waals surface area contributed by atoms with E-state index in [1.54, 1.807) is 0 Å². The summed E-state index contributed by atoms with van der Waals surface area (Å²) >= 11 is 0. The summed E-state index contributed by atoms with van der Waals surface area (Å²) in [5.74, 6) is 2.76. The number of rotatable bonds is 2. The van der Waals surface area contributed by atoms with Gasteiger partial charge in [0.2, 0.25) is 11.8 Å². The number of aromatic nitrogens is 2. The number of piperidine rings is 1. The molecular weight excluding hydrogens is 278 g/mol. The van der Waals surface area contributed by atoms with Crippen LogP contribution in [-0.4, -0.2) is 28.9 Å². The van der Waals surface area contributed by atoms with Gasteiger partial charge in [0.15, 0.2) is 0 Å². The number of nitrogens with zero attached hydrogens (tertiary/aromatic N) is 2. The minimum Gasteiger partial charge on any atom is -0.487 e. The zero-order valence-corrected chi connectivity index (χ0v) is 12.8. The topological polar surface area (TPSA) is 60.2 Å². The average Bonchev–Trinajstić information content (AvgIpc) is 2.93. The molecule has 1 aromatic heterocycles. The number of ether oxygens (including phenoxy) is 1. The summed E-state index contributed by atoms with van der Waals surface area (Å²) in [6.45, 7) is 3.88. The Balaban J connectivity index is 1.66. The minimum atomic E-state index is -0.0423. The molecule has 3 heterocycles. The van der Waals surface area contributed by atoms with Crippen molar-refractivity contribution in [2.24, 2.45) is 0 Å². The Labute approximate surface area is 130 Å². The van der Waals surface area contributed by atoms with Crippen LogP contribution in [0.25, 0.3) is 0 Å². The molecule has 22 heavy (non-hydrogen) atoms. The van der Waals surface area contributed by atoms with Crippen molar-refractivity contribution in [2.75, 3.05) is 13.1 Å². The number of aryl methyl sites for hydroxylation is 1. The van der Waals surface area contributed by atoms with Crippen LogP contribution in [0.3, 0.4) is 0 Å². The van der Waals surface area contributed by atoms with E-state index >= 15 is 0 Å². The van der Waals surface area contributed by atoms with Crippen molar-refractivity contribution in [1.29, 1.82) is 0 Å². The molecule has 1 spiro atoms. The molecule has 2 aliphatic heterocycles. The Morgan fingerprint density at radius 2 is 2.05 bits per heavy atom. The van der Waals surface area contributed by atoms with Gasteiger partial charge in [-0.3, -0.25) is 0 Å². The molecular formula is C17H21N3O2. The lowest BCUT2D eigenvalue weighted by Gasteiger charge is -2.44. The fourth-order valence-electron chi connectivity index (χ4n) is 3.75. The molecule has 0 amide bonds. The number of fused-ring (bicyclic) bond motifs is 1. The second kappa shape index (κ2) is 5.39. The molecule has 0 radical (unpaired) electrons. The molecule has 1 aromatic carbocycles. The molecule has 5 nitrogen and oxygen atoms in total. The summed E-state index contributed by atoms with van der Waals surface area (Å²) in [6, 6.07) is 8.38. The molecule has 1 atom stereocenters. The van der Waals surface area contributed by atoms with Crippen LogP contribution in [0.2, 0.25) is 0 Å². The number of nitrogens with one attached hydrogen (secondary N) is 1. The SMILES string of the molecule is Cc1nnc(CC2CC3(CCNCC3)Oc3ccccc32)o1. The largest absolute Gasteiger partial charge is 0.487 e. The second-order valence-corrected chi connectivity index (χ2v) is 6.39. The van der Waals surface area contributed by atoms with E-state index in [1.165, 1.54) is 5.56 Å². The van der Waals surface area contributed by atoms with Crippen molar-refractivity contribution in [1.82, 2.24) is 15.5 Å². The summed E-state index contributed by atoms with van der Waals surface area (Å²) in [5, 5.41) is 11.6. The molecule has 0 aliphatic carbocycles. The predicted molar refractivity (Wildman–Crippen MR) is 82.0 cm³/mol. The van der Waals surface area contributed by atoms with Crippen LogP contribution in [0.4, 0.5) is 0 Å². The maximum atomic E-state index is 6.43. The number of para-hydroxylation sites is 1. The van der Waals surface area contributed by atoms with Gasteiger partial charge in [0.25, 0.3) is 0 Å². The Hall–Kier alpha value is -1.88. The molecule has 2 aliphatic rings. The van der Waals surface area contributed by atoms with Crippen LogP contribution in [-0.2, 0) is 6.42 Å². The number of benzene rings is 1. The van der Waals surface area contributed by atoms with Gasteiger partial charge in [-0.2, -0.15) is 0 Å². The van der Waals surface area contributed by atoms with Gasteiger partial charge in [-0.15, -0.1) is 10.2 Å². The standard InChI is InChI=1S/C17H21N3O2/c1-12-19-20-16(21-12)10-13-11-17(6-8-18-9-7-17)22-15-5-3-2-4-14(13)15/h2-5,13,18H,6-11H2,1H3. The van der Waals surface area contributed by atoms with E-state index in [4.69, 9.17) is 9.15 Å². The van der Waals surface area contributed by atoms with Gasteiger partial charge >= 0.3 is 0 Å². The fourth-order valence-corrected chi connectivity index (χ4v) is 3.75. The third-order valence-electron chi connectivity index (χ3n) is 4.81. The van der Waals surface area contributed by atoms with E-state index in [0.717, 1.165) is 50.4 Å². The molecule has 0 saturated carbocycles. The summed E-state index contributed by atoms with van der Waals surface area (Å²) in [7, 11) is 0. The van der Waals surface area contributed by atoms with Gasteiger partial charge in [-0.25, -0.2) is 0 Å². The van der Waals surface area contributed by atoms with Crippen molar-refractivity contribution < 1.29 is 9.15 Å². The third kappa shape index (κ3) is 2.50. The maximum absolute atomic E-state index is 6.43. The molecule has 1 N–H and O–H groups in total. The second-order valence-electron chi connectivity index (χ2n) is 6.39.